The van der Waals surface area contributed by atoms with Crippen LogP contribution in [0.25, 0.3) is 0 Å². The molecule has 0 aliphatic carbocycles. The molecule has 0 amide bonds. The first-order valence-corrected chi connectivity index (χ1v) is 8.81. The molecule has 3 rings (SSSR count). The summed E-state index contributed by atoms with van der Waals surface area (Å²) < 4.78 is 79.8. The molecule has 0 spiro atoms. The van der Waals surface area contributed by atoms with Crippen molar-refractivity contribution < 1.29 is 35.9 Å². The van der Waals surface area contributed by atoms with Gasteiger partial charge >= 0.3 is 12.4 Å². The third-order valence-corrected chi connectivity index (χ3v) is 4.79. The van der Waals surface area contributed by atoms with Crippen LogP contribution in [0.3, 0.4) is 0 Å². The first-order valence-electron chi connectivity index (χ1n) is 8.81. The number of benzene rings is 2. The van der Waals surface area contributed by atoms with Crippen molar-refractivity contribution in [1.82, 2.24) is 5.32 Å². The normalized spacial score (nSPS) is 17.7. The van der Waals surface area contributed by atoms with Crippen molar-refractivity contribution >= 4 is 17.8 Å². The van der Waals surface area contributed by atoms with E-state index in [9.17, 15) is 35.9 Å². The Morgan fingerprint density at radius 2 is 1.67 bits per heavy atom. The third kappa shape index (κ3) is 4.33. The smallest absolute Gasteiger partial charge is 0.359 e. The van der Waals surface area contributed by atoms with Crippen molar-refractivity contribution in [3.8, 4) is 0 Å². The van der Waals surface area contributed by atoms with Crippen molar-refractivity contribution in [2.45, 2.75) is 18.4 Å². The number of anilines is 1. The highest BCUT2D eigenvalue weighted by Crippen LogP contribution is 2.36. The van der Waals surface area contributed by atoms with Gasteiger partial charge in [0, 0.05) is 36.4 Å². The first-order chi connectivity index (χ1) is 14.0. The van der Waals surface area contributed by atoms with Crippen LogP contribution in [-0.2, 0) is 17.1 Å². The van der Waals surface area contributed by atoms with Crippen LogP contribution in [0, 0.1) is 0 Å². The minimum atomic E-state index is -4.83. The molecule has 1 fully saturated rings. The quantitative estimate of drug-likeness (QED) is 0.593. The maximum atomic E-state index is 13.3. The zero-order valence-corrected chi connectivity index (χ0v) is 15.3. The van der Waals surface area contributed by atoms with Gasteiger partial charge in [-0.3, -0.25) is 9.59 Å². The van der Waals surface area contributed by atoms with Crippen LogP contribution < -0.4 is 10.2 Å². The zero-order chi connectivity index (χ0) is 22.1. The number of rotatable bonds is 4. The summed E-state index contributed by atoms with van der Waals surface area (Å²) in [5.41, 5.74) is -3.60. The van der Waals surface area contributed by atoms with Gasteiger partial charge in [0.05, 0.1) is 11.1 Å². The number of carbonyl (C=O) groups excluding carboxylic acids is 2. The van der Waals surface area contributed by atoms with E-state index in [1.165, 1.54) is 23.3 Å². The highest BCUT2D eigenvalue weighted by Gasteiger charge is 2.39. The Balaban J connectivity index is 2.03. The molecule has 1 N–H and O–H groups in total. The number of ketones is 1. The molecule has 10 heteroatoms. The van der Waals surface area contributed by atoms with Gasteiger partial charge in [0.1, 0.15) is 6.04 Å². The fourth-order valence-corrected chi connectivity index (χ4v) is 3.41. The van der Waals surface area contributed by atoms with Crippen LogP contribution in [-0.4, -0.2) is 37.7 Å². The van der Waals surface area contributed by atoms with Crippen LogP contribution in [0.15, 0.2) is 42.5 Å². The SMILES string of the molecule is O=[C]c1ccc(N2CCNCC2C(=O)c2ccccc2C(F)(F)F)cc1C(F)(F)F. The molecule has 0 saturated carbocycles. The molecule has 1 aliphatic heterocycles. The van der Waals surface area contributed by atoms with E-state index in [-0.39, 0.29) is 18.8 Å². The van der Waals surface area contributed by atoms with Crippen LogP contribution >= 0.6 is 0 Å². The molecule has 2 aromatic rings. The fourth-order valence-electron chi connectivity index (χ4n) is 3.41. The standard InChI is InChI=1S/C20H15F6N2O2/c21-19(22,23)15-4-2-1-3-14(15)18(30)17-10-27-7-8-28(17)13-6-5-12(11-29)16(9-13)20(24,25)26/h1-6,9,17,27H,7-8,10H2. The molecule has 1 atom stereocenters. The van der Waals surface area contributed by atoms with Crippen LogP contribution in [0.1, 0.15) is 27.0 Å². The Hall–Kier alpha value is -2.88. The summed E-state index contributed by atoms with van der Waals surface area (Å²) in [5.74, 6) is -0.866. The van der Waals surface area contributed by atoms with Gasteiger partial charge in [-0.15, -0.1) is 0 Å². The number of Topliss-reactive ketones (excluding diaryl/α,β-unsaturated/α-hetero) is 1. The second-order valence-electron chi connectivity index (χ2n) is 6.65. The molecule has 0 aromatic heterocycles. The molecule has 30 heavy (non-hydrogen) atoms. The Labute approximate surface area is 167 Å². The molecule has 1 saturated heterocycles. The number of piperazine rings is 1. The molecule has 159 valence electrons. The lowest BCUT2D eigenvalue weighted by atomic mass is 9.95. The summed E-state index contributed by atoms with van der Waals surface area (Å²) in [7, 11) is 0. The predicted octanol–water partition coefficient (Wildman–Crippen LogP) is 3.84. The van der Waals surface area contributed by atoms with E-state index >= 15 is 0 Å². The number of hydrogen-bond donors (Lipinski definition) is 1. The minimum Gasteiger partial charge on any atom is -0.359 e. The lowest BCUT2D eigenvalue weighted by molar-refractivity contribution is -0.138. The number of nitrogens with zero attached hydrogens (tertiary/aromatic N) is 1. The van der Waals surface area contributed by atoms with Gasteiger partial charge in [-0.1, -0.05) is 18.2 Å². The molecular weight excluding hydrogens is 414 g/mol. The molecular formula is C20H15F6N2O2. The van der Waals surface area contributed by atoms with E-state index < -0.39 is 46.4 Å². The number of alkyl halides is 6. The van der Waals surface area contributed by atoms with Gasteiger partial charge in [-0.2, -0.15) is 26.3 Å². The topological polar surface area (TPSA) is 49.4 Å². The third-order valence-electron chi connectivity index (χ3n) is 4.79. The van der Waals surface area contributed by atoms with Crippen molar-refractivity contribution in [2.75, 3.05) is 24.5 Å². The summed E-state index contributed by atoms with van der Waals surface area (Å²) in [6, 6.07) is 5.97. The average molecular weight is 429 g/mol. The van der Waals surface area contributed by atoms with Crippen LogP contribution in [0.4, 0.5) is 32.0 Å². The zero-order valence-electron chi connectivity index (χ0n) is 15.3. The second kappa shape index (κ2) is 8.10. The molecule has 2 aromatic carbocycles. The van der Waals surface area contributed by atoms with E-state index in [1.807, 2.05) is 0 Å². The van der Waals surface area contributed by atoms with Crippen LogP contribution in [0.5, 0.6) is 0 Å². The largest absolute Gasteiger partial charge is 0.417 e. The summed E-state index contributed by atoms with van der Waals surface area (Å²) in [6.07, 6.45) is -8.37. The number of halogens is 6. The second-order valence-corrected chi connectivity index (χ2v) is 6.65. The molecule has 1 aliphatic rings. The van der Waals surface area contributed by atoms with Gasteiger partial charge in [0.25, 0.3) is 0 Å². The van der Waals surface area contributed by atoms with Gasteiger partial charge in [0.15, 0.2) is 5.78 Å². The minimum absolute atomic E-state index is 0.0225. The van der Waals surface area contributed by atoms with E-state index in [0.717, 1.165) is 24.3 Å². The van der Waals surface area contributed by atoms with E-state index in [4.69, 9.17) is 0 Å². The average Bonchev–Trinajstić information content (AvgIpc) is 2.71. The van der Waals surface area contributed by atoms with E-state index in [0.29, 0.717) is 12.6 Å². The summed E-state index contributed by atoms with van der Waals surface area (Å²) in [5, 5.41) is 2.88. The fraction of sp³-hybridized carbons (Fsp3) is 0.300. The Morgan fingerprint density at radius 1 is 1.00 bits per heavy atom. The molecule has 0 bridgehead atoms. The van der Waals surface area contributed by atoms with E-state index in [1.54, 1.807) is 0 Å². The maximum Gasteiger partial charge on any atom is 0.417 e. The number of hydrogen-bond acceptors (Lipinski definition) is 4. The Bertz CT molecular complexity index is 955. The highest BCUT2D eigenvalue weighted by molar-refractivity contribution is 6.03. The van der Waals surface area contributed by atoms with E-state index in [2.05, 4.69) is 5.32 Å². The first kappa shape index (κ1) is 21.8. The van der Waals surface area contributed by atoms with Crippen LogP contribution in [0.2, 0.25) is 0 Å². The van der Waals surface area contributed by atoms with Gasteiger partial charge in [0.2, 0.25) is 6.29 Å². The monoisotopic (exact) mass is 429 g/mol. The molecule has 1 unspecified atom stereocenters. The Kier molecular flexibility index (Phi) is 5.89. The molecule has 4 nitrogen and oxygen atoms in total. The van der Waals surface area contributed by atoms with Gasteiger partial charge in [-0.05, 0) is 24.3 Å². The summed E-state index contributed by atoms with van der Waals surface area (Å²) in [6.45, 7) is 0.355. The molecule has 1 heterocycles. The maximum absolute atomic E-state index is 13.3. The van der Waals surface area contributed by atoms with Crippen molar-refractivity contribution in [3.05, 3.63) is 64.7 Å². The van der Waals surface area contributed by atoms with Crippen molar-refractivity contribution in [1.29, 1.82) is 0 Å². The van der Waals surface area contributed by atoms with Gasteiger partial charge in [-0.25, -0.2) is 0 Å². The lowest BCUT2D eigenvalue weighted by Crippen LogP contribution is -2.55. The molecule has 1 radical (unpaired) electrons. The summed E-state index contributed by atoms with van der Waals surface area (Å²) >= 11 is 0. The number of carbonyl (C=O) groups is 1. The predicted molar refractivity (Wildman–Crippen MR) is 96.0 cm³/mol. The lowest BCUT2D eigenvalue weighted by Gasteiger charge is -2.37. The van der Waals surface area contributed by atoms with Crippen molar-refractivity contribution in [3.63, 3.8) is 0 Å². The van der Waals surface area contributed by atoms with Gasteiger partial charge < -0.3 is 10.2 Å². The Morgan fingerprint density at radius 3 is 2.30 bits per heavy atom. The summed E-state index contributed by atoms with van der Waals surface area (Å²) in [4.78, 5) is 25.1. The van der Waals surface area contributed by atoms with Crippen molar-refractivity contribution in [2.24, 2.45) is 0 Å². The highest BCUT2D eigenvalue weighted by atomic mass is 19.4. The number of nitrogens with one attached hydrogen (secondary N) is 1.